The molecule has 6 aromatic rings. The lowest BCUT2D eigenvalue weighted by atomic mass is 10.1. The molecule has 0 unspecified atom stereocenters. The van der Waals surface area contributed by atoms with Gasteiger partial charge in [-0.2, -0.15) is 0 Å². The van der Waals surface area contributed by atoms with Crippen LogP contribution in [0.5, 0.6) is 0 Å². The zero-order valence-electron chi connectivity index (χ0n) is 16.8. The summed E-state index contributed by atoms with van der Waals surface area (Å²) in [7, 11) is 2.12. The van der Waals surface area contributed by atoms with E-state index in [9.17, 15) is 0 Å². The molecule has 0 atom stereocenters. The third-order valence-electron chi connectivity index (χ3n) is 6.19. The highest BCUT2D eigenvalue weighted by molar-refractivity contribution is 6.12. The molecule has 2 heterocycles. The Morgan fingerprint density at radius 1 is 0.667 bits per heavy atom. The molecule has 0 fully saturated rings. The summed E-state index contributed by atoms with van der Waals surface area (Å²) in [5.74, 6) is 0. The van der Waals surface area contributed by atoms with Gasteiger partial charge in [-0.05, 0) is 48.9 Å². The van der Waals surface area contributed by atoms with Crippen molar-refractivity contribution in [1.82, 2.24) is 9.13 Å². The lowest BCUT2D eigenvalue weighted by Crippen LogP contribution is -1.94. The molecule has 30 heavy (non-hydrogen) atoms. The molecule has 0 aliphatic rings. The predicted molar refractivity (Wildman–Crippen MR) is 126 cm³/mol. The van der Waals surface area contributed by atoms with Crippen LogP contribution < -0.4 is 0 Å². The van der Waals surface area contributed by atoms with Crippen LogP contribution >= 0.6 is 0 Å². The van der Waals surface area contributed by atoms with Gasteiger partial charge >= 0.3 is 0 Å². The fraction of sp³-hybridized carbons (Fsp3) is 0.0741. The SMILES string of the molecule is [C-]#[N+]c1ccc2c3ccc(C)cc3n(-c3ccc4c(c3)c3ccccc3n4C)c2c1. The van der Waals surface area contributed by atoms with Crippen molar-refractivity contribution in [2.24, 2.45) is 7.05 Å². The minimum atomic E-state index is 0.662. The Morgan fingerprint density at radius 3 is 2.20 bits per heavy atom. The van der Waals surface area contributed by atoms with E-state index in [1.807, 2.05) is 12.1 Å². The first-order chi connectivity index (χ1) is 14.7. The summed E-state index contributed by atoms with van der Waals surface area (Å²) >= 11 is 0. The number of aromatic nitrogens is 2. The third kappa shape index (κ3) is 2.19. The van der Waals surface area contributed by atoms with Crippen LogP contribution in [-0.4, -0.2) is 9.13 Å². The topological polar surface area (TPSA) is 14.2 Å². The van der Waals surface area contributed by atoms with E-state index < -0.39 is 0 Å². The van der Waals surface area contributed by atoms with Crippen molar-refractivity contribution in [2.45, 2.75) is 6.92 Å². The number of aryl methyl sites for hydroxylation is 2. The fourth-order valence-electron chi connectivity index (χ4n) is 4.76. The van der Waals surface area contributed by atoms with E-state index in [0.717, 1.165) is 11.2 Å². The van der Waals surface area contributed by atoms with E-state index in [1.165, 1.54) is 43.7 Å². The molecule has 0 aliphatic heterocycles. The van der Waals surface area contributed by atoms with Crippen molar-refractivity contribution in [1.29, 1.82) is 0 Å². The van der Waals surface area contributed by atoms with Gasteiger partial charge in [0.2, 0.25) is 0 Å². The molecule has 142 valence electrons. The van der Waals surface area contributed by atoms with Crippen LogP contribution in [-0.2, 0) is 7.05 Å². The minimum absolute atomic E-state index is 0.662. The number of hydrogen-bond acceptors (Lipinski definition) is 0. The van der Waals surface area contributed by atoms with Crippen LogP contribution in [0.2, 0.25) is 0 Å². The molecule has 0 saturated carbocycles. The van der Waals surface area contributed by atoms with Crippen LogP contribution in [0.4, 0.5) is 5.69 Å². The van der Waals surface area contributed by atoms with Crippen molar-refractivity contribution in [2.75, 3.05) is 0 Å². The van der Waals surface area contributed by atoms with Crippen molar-refractivity contribution in [3.63, 3.8) is 0 Å². The largest absolute Gasteiger partial charge is 0.344 e. The van der Waals surface area contributed by atoms with Crippen LogP contribution in [0.1, 0.15) is 5.56 Å². The number of para-hydroxylation sites is 1. The predicted octanol–water partition coefficient (Wildman–Crippen LogP) is 7.29. The zero-order valence-corrected chi connectivity index (χ0v) is 16.8. The zero-order chi connectivity index (χ0) is 20.4. The van der Waals surface area contributed by atoms with Crippen molar-refractivity contribution < 1.29 is 0 Å². The first-order valence-electron chi connectivity index (χ1n) is 10.1. The molecule has 4 aromatic carbocycles. The highest BCUT2D eigenvalue weighted by atomic mass is 15.0. The molecule has 0 aliphatic carbocycles. The molecule has 0 N–H and O–H groups in total. The van der Waals surface area contributed by atoms with E-state index in [1.54, 1.807) is 0 Å². The maximum Gasteiger partial charge on any atom is 0.189 e. The van der Waals surface area contributed by atoms with Crippen LogP contribution in [0, 0.1) is 13.5 Å². The van der Waals surface area contributed by atoms with Gasteiger partial charge in [-0.25, -0.2) is 4.85 Å². The van der Waals surface area contributed by atoms with Crippen molar-refractivity contribution in [3.8, 4) is 5.69 Å². The van der Waals surface area contributed by atoms with Gasteiger partial charge < -0.3 is 9.13 Å². The average Bonchev–Trinajstić information content (AvgIpc) is 3.25. The monoisotopic (exact) mass is 385 g/mol. The van der Waals surface area contributed by atoms with E-state index >= 15 is 0 Å². The Balaban J connectivity index is 1.77. The van der Waals surface area contributed by atoms with E-state index in [2.05, 4.69) is 94.7 Å². The van der Waals surface area contributed by atoms with Crippen molar-refractivity contribution in [3.05, 3.63) is 95.8 Å². The Kier molecular flexibility index (Phi) is 3.37. The summed E-state index contributed by atoms with van der Waals surface area (Å²) in [5, 5.41) is 4.89. The second kappa shape index (κ2) is 5.98. The molecule has 0 saturated heterocycles. The molecule has 3 nitrogen and oxygen atoms in total. The molecular weight excluding hydrogens is 366 g/mol. The lowest BCUT2D eigenvalue weighted by molar-refractivity contribution is 1.01. The van der Waals surface area contributed by atoms with Gasteiger partial charge in [0.1, 0.15) is 0 Å². The summed E-state index contributed by atoms with van der Waals surface area (Å²) in [6, 6.07) is 27.8. The van der Waals surface area contributed by atoms with E-state index in [4.69, 9.17) is 6.57 Å². The van der Waals surface area contributed by atoms with Gasteiger partial charge in [-0.3, -0.25) is 0 Å². The molecule has 0 spiro atoms. The smallest absolute Gasteiger partial charge is 0.189 e. The molecule has 6 rings (SSSR count). The van der Waals surface area contributed by atoms with Crippen LogP contribution in [0.25, 0.3) is 54.1 Å². The summed E-state index contributed by atoms with van der Waals surface area (Å²) in [5.41, 5.74) is 7.71. The molecular formula is C27H19N3. The quantitative estimate of drug-likeness (QED) is 0.264. The summed E-state index contributed by atoms with van der Waals surface area (Å²) < 4.78 is 4.55. The van der Waals surface area contributed by atoms with Gasteiger partial charge in [-0.15, -0.1) is 0 Å². The average molecular weight is 385 g/mol. The third-order valence-corrected chi connectivity index (χ3v) is 6.19. The Morgan fingerprint density at radius 2 is 1.37 bits per heavy atom. The molecule has 0 radical (unpaired) electrons. The summed E-state index contributed by atoms with van der Waals surface area (Å²) in [6.07, 6.45) is 0. The number of benzene rings is 4. The molecule has 3 heteroatoms. The minimum Gasteiger partial charge on any atom is -0.344 e. The fourth-order valence-corrected chi connectivity index (χ4v) is 4.76. The van der Waals surface area contributed by atoms with Crippen molar-refractivity contribution >= 4 is 49.3 Å². The highest BCUT2D eigenvalue weighted by Crippen LogP contribution is 2.36. The molecule has 0 amide bonds. The van der Waals surface area contributed by atoms with Gasteiger partial charge in [0.05, 0.1) is 12.1 Å². The van der Waals surface area contributed by atoms with Gasteiger partial charge in [-0.1, -0.05) is 42.5 Å². The first-order valence-corrected chi connectivity index (χ1v) is 10.1. The summed E-state index contributed by atoms with van der Waals surface area (Å²) in [6.45, 7) is 9.60. The Labute approximate surface area is 174 Å². The Bertz CT molecular complexity index is 1670. The molecule has 0 bridgehead atoms. The second-order valence-corrected chi connectivity index (χ2v) is 7.95. The van der Waals surface area contributed by atoms with Crippen LogP contribution in [0.3, 0.4) is 0 Å². The van der Waals surface area contributed by atoms with E-state index in [0.29, 0.717) is 5.69 Å². The highest BCUT2D eigenvalue weighted by Gasteiger charge is 2.15. The maximum absolute atomic E-state index is 7.48. The van der Waals surface area contributed by atoms with Gasteiger partial charge in [0, 0.05) is 50.8 Å². The second-order valence-electron chi connectivity index (χ2n) is 7.95. The number of rotatable bonds is 1. The number of nitrogens with zero attached hydrogens (tertiary/aromatic N) is 3. The molecule has 2 aromatic heterocycles. The first kappa shape index (κ1) is 16.9. The van der Waals surface area contributed by atoms with Gasteiger partial charge in [0.25, 0.3) is 0 Å². The standard InChI is InChI=1S/C27H19N3/c1-17-8-11-21-22-12-9-18(28-2)15-27(22)30(26(21)14-17)19-10-13-25-23(16-19)20-6-4-5-7-24(20)29(25)3/h4-16H,1,3H3. The van der Waals surface area contributed by atoms with E-state index in [-0.39, 0.29) is 0 Å². The van der Waals surface area contributed by atoms with Gasteiger partial charge in [0.15, 0.2) is 5.69 Å². The number of hydrogen-bond donors (Lipinski definition) is 0. The summed E-state index contributed by atoms with van der Waals surface area (Å²) in [4.78, 5) is 3.67. The normalized spacial score (nSPS) is 11.6. The Hall–Kier alpha value is -4.03. The lowest BCUT2D eigenvalue weighted by Gasteiger charge is -2.09. The maximum atomic E-state index is 7.48. The number of fused-ring (bicyclic) bond motifs is 6. The van der Waals surface area contributed by atoms with Crippen LogP contribution in [0.15, 0.2) is 78.9 Å².